The molecule has 0 radical (unpaired) electrons. The molecule has 80 valence electrons. The molecule has 0 bridgehead atoms. The lowest BCUT2D eigenvalue weighted by molar-refractivity contribution is 0.625. The molecule has 1 aromatic carbocycles. The zero-order valence-corrected chi connectivity index (χ0v) is 8.71. The molecule has 0 spiro atoms. The smallest absolute Gasteiger partial charge is 0.186 e. The molecule has 0 heterocycles. The van der Waals surface area contributed by atoms with Crippen molar-refractivity contribution in [3.8, 4) is 0 Å². The van der Waals surface area contributed by atoms with E-state index in [0.29, 0.717) is 0 Å². The lowest BCUT2D eigenvalue weighted by atomic mass is 10.1. The van der Waals surface area contributed by atoms with E-state index in [4.69, 9.17) is 23.1 Å². The molecule has 5 heteroatoms. The van der Waals surface area contributed by atoms with Crippen LogP contribution in [-0.4, -0.2) is 12.0 Å². The van der Waals surface area contributed by atoms with Crippen molar-refractivity contribution in [2.45, 2.75) is 18.4 Å². The summed E-state index contributed by atoms with van der Waals surface area (Å²) in [6.07, 6.45) is 0.860. The van der Waals surface area contributed by atoms with Gasteiger partial charge < -0.3 is 11.5 Å². The van der Waals surface area contributed by atoms with E-state index in [9.17, 15) is 4.39 Å². The van der Waals surface area contributed by atoms with Crippen molar-refractivity contribution in [3.63, 3.8) is 0 Å². The van der Waals surface area contributed by atoms with Crippen LogP contribution in [0.1, 0.15) is 17.9 Å². The third kappa shape index (κ3) is 2.21. The predicted octanol–water partition coefficient (Wildman–Crippen LogP) is 1.61. The molecule has 15 heavy (non-hydrogen) atoms. The van der Waals surface area contributed by atoms with Crippen LogP contribution in [0.3, 0.4) is 0 Å². The van der Waals surface area contributed by atoms with Gasteiger partial charge in [-0.1, -0.05) is 17.7 Å². The molecule has 0 aromatic heterocycles. The fourth-order valence-corrected chi connectivity index (χ4v) is 1.73. The van der Waals surface area contributed by atoms with Crippen LogP contribution in [0, 0.1) is 5.82 Å². The standard InChI is InChI=1S/C10H11ClFN3/c11-7-2-1-5(3-8(7)12)6-4-9(6)15-10(13)14/h1-3,6,9H,4H2,(H4,13,14,15)/t6-,9+/m0/s1. The summed E-state index contributed by atoms with van der Waals surface area (Å²) in [5, 5.41) is 0.137. The molecule has 0 unspecified atom stereocenters. The second-order valence-electron chi connectivity index (χ2n) is 3.64. The summed E-state index contributed by atoms with van der Waals surface area (Å²) in [6.45, 7) is 0. The number of guanidine groups is 1. The summed E-state index contributed by atoms with van der Waals surface area (Å²) >= 11 is 5.58. The number of nitrogens with zero attached hydrogens (tertiary/aromatic N) is 1. The SMILES string of the molecule is NC(N)=N[C@@H]1C[C@H]1c1ccc(Cl)c(F)c1. The van der Waals surface area contributed by atoms with Gasteiger partial charge in [-0.25, -0.2) is 9.38 Å². The Morgan fingerprint density at radius 1 is 1.47 bits per heavy atom. The molecule has 4 N–H and O–H groups in total. The van der Waals surface area contributed by atoms with Gasteiger partial charge in [0.05, 0.1) is 11.1 Å². The number of benzene rings is 1. The van der Waals surface area contributed by atoms with Crippen LogP contribution in [0.5, 0.6) is 0 Å². The summed E-state index contributed by atoms with van der Waals surface area (Å²) in [6, 6.07) is 4.89. The van der Waals surface area contributed by atoms with Crippen LogP contribution < -0.4 is 11.5 Å². The second kappa shape index (κ2) is 3.70. The number of hydrogen-bond acceptors (Lipinski definition) is 1. The summed E-state index contributed by atoms with van der Waals surface area (Å²) in [5.41, 5.74) is 11.4. The predicted molar refractivity (Wildman–Crippen MR) is 58.4 cm³/mol. The summed E-state index contributed by atoms with van der Waals surface area (Å²) < 4.78 is 13.1. The van der Waals surface area contributed by atoms with Crippen molar-refractivity contribution >= 4 is 17.6 Å². The summed E-state index contributed by atoms with van der Waals surface area (Å²) in [4.78, 5) is 4.02. The average molecular weight is 228 g/mol. The highest BCUT2D eigenvalue weighted by Crippen LogP contribution is 2.43. The first-order valence-corrected chi connectivity index (χ1v) is 4.99. The van der Waals surface area contributed by atoms with E-state index in [1.807, 2.05) is 0 Å². The Labute approximate surface area is 91.9 Å². The minimum Gasteiger partial charge on any atom is -0.370 e. The van der Waals surface area contributed by atoms with Gasteiger partial charge in [-0.15, -0.1) is 0 Å². The average Bonchev–Trinajstić information content (AvgIpc) is 2.88. The molecular weight excluding hydrogens is 217 g/mol. The van der Waals surface area contributed by atoms with Crippen LogP contribution >= 0.6 is 11.6 Å². The van der Waals surface area contributed by atoms with E-state index in [0.717, 1.165) is 12.0 Å². The first kappa shape index (κ1) is 10.2. The van der Waals surface area contributed by atoms with Gasteiger partial charge in [0.25, 0.3) is 0 Å². The Kier molecular flexibility index (Phi) is 2.52. The van der Waals surface area contributed by atoms with E-state index < -0.39 is 5.82 Å². The van der Waals surface area contributed by atoms with Crippen molar-refractivity contribution in [3.05, 3.63) is 34.6 Å². The Balaban J connectivity index is 2.13. The van der Waals surface area contributed by atoms with E-state index >= 15 is 0 Å². The largest absolute Gasteiger partial charge is 0.370 e. The molecule has 1 aliphatic rings. The number of hydrogen-bond donors (Lipinski definition) is 2. The Morgan fingerprint density at radius 2 is 2.20 bits per heavy atom. The van der Waals surface area contributed by atoms with Crippen LogP contribution in [0.2, 0.25) is 5.02 Å². The molecule has 0 aliphatic heterocycles. The lowest BCUT2D eigenvalue weighted by Gasteiger charge is -2.00. The topological polar surface area (TPSA) is 64.4 Å². The fourth-order valence-electron chi connectivity index (χ4n) is 1.62. The number of rotatable bonds is 2. The molecule has 0 saturated heterocycles. The highest BCUT2D eigenvalue weighted by Gasteiger charge is 2.38. The van der Waals surface area contributed by atoms with Crippen LogP contribution in [0.25, 0.3) is 0 Å². The molecule has 2 atom stereocenters. The van der Waals surface area contributed by atoms with Gasteiger partial charge in [0.2, 0.25) is 0 Å². The lowest BCUT2D eigenvalue weighted by Crippen LogP contribution is -2.23. The van der Waals surface area contributed by atoms with Gasteiger partial charge in [-0.3, -0.25) is 0 Å². The van der Waals surface area contributed by atoms with Crippen molar-refractivity contribution in [2.75, 3.05) is 0 Å². The first-order chi connectivity index (χ1) is 7.08. The van der Waals surface area contributed by atoms with Gasteiger partial charge in [0.1, 0.15) is 5.82 Å². The Bertz CT molecular complexity index is 415. The quantitative estimate of drug-likeness (QED) is 0.596. The maximum absolute atomic E-state index is 13.1. The zero-order valence-electron chi connectivity index (χ0n) is 7.95. The van der Waals surface area contributed by atoms with Gasteiger partial charge in [0, 0.05) is 5.92 Å². The third-order valence-corrected chi connectivity index (χ3v) is 2.75. The van der Waals surface area contributed by atoms with Gasteiger partial charge in [-0.05, 0) is 24.1 Å². The molecule has 1 aliphatic carbocycles. The molecule has 1 fully saturated rings. The van der Waals surface area contributed by atoms with Crippen molar-refractivity contribution in [1.29, 1.82) is 0 Å². The van der Waals surface area contributed by atoms with E-state index in [-0.39, 0.29) is 22.9 Å². The number of aliphatic imine (C=N–C) groups is 1. The van der Waals surface area contributed by atoms with E-state index in [1.165, 1.54) is 6.07 Å². The van der Waals surface area contributed by atoms with E-state index in [1.54, 1.807) is 12.1 Å². The third-order valence-electron chi connectivity index (χ3n) is 2.44. The normalized spacial score (nSPS) is 23.6. The van der Waals surface area contributed by atoms with E-state index in [2.05, 4.69) is 4.99 Å². The first-order valence-electron chi connectivity index (χ1n) is 4.61. The summed E-state index contributed by atoms with van der Waals surface area (Å²) in [5.74, 6) is -0.0969. The second-order valence-corrected chi connectivity index (χ2v) is 4.04. The van der Waals surface area contributed by atoms with Gasteiger partial charge in [0.15, 0.2) is 5.96 Å². The van der Waals surface area contributed by atoms with Crippen LogP contribution in [-0.2, 0) is 0 Å². The van der Waals surface area contributed by atoms with Gasteiger partial charge >= 0.3 is 0 Å². The Morgan fingerprint density at radius 3 is 2.80 bits per heavy atom. The fraction of sp³-hybridized carbons (Fsp3) is 0.300. The highest BCUT2D eigenvalue weighted by atomic mass is 35.5. The van der Waals surface area contributed by atoms with Crippen LogP contribution in [0.4, 0.5) is 4.39 Å². The maximum Gasteiger partial charge on any atom is 0.186 e. The minimum absolute atomic E-state index is 0.0805. The maximum atomic E-state index is 13.1. The number of nitrogens with two attached hydrogens (primary N) is 2. The molecule has 2 rings (SSSR count). The molecule has 1 saturated carbocycles. The summed E-state index contributed by atoms with van der Waals surface area (Å²) in [7, 11) is 0. The van der Waals surface area contributed by atoms with Crippen LogP contribution in [0.15, 0.2) is 23.2 Å². The van der Waals surface area contributed by atoms with Gasteiger partial charge in [-0.2, -0.15) is 0 Å². The molecule has 3 nitrogen and oxygen atoms in total. The number of halogens is 2. The molecule has 0 amide bonds. The van der Waals surface area contributed by atoms with Crippen molar-refractivity contribution in [2.24, 2.45) is 16.5 Å². The molecule has 1 aromatic rings. The minimum atomic E-state index is -0.399. The monoisotopic (exact) mass is 227 g/mol. The van der Waals surface area contributed by atoms with Crippen molar-refractivity contribution < 1.29 is 4.39 Å². The Hall–Kier alpha value is -1.29. The highest BCUT2D eigenvalue weighted by molar-refractivity contribution is 6.30. The zero-order chi connectivity index (χ0) is 11.0. The van der Waals surface area contributed by atoms with Crippen molar-refractivity contribution in [1.82, 2.24) is 0 Å². The molecular formula is C10H11ClFN3.